The molecular weight excluding hydrogens is 298 g/mol. The van der Waals surface area contributed by atoms with Crippen molar-refractivity contribution in [1.29, 1.82) is 0 Å². The van der Waals surface area contributed by atoms with E-state index in [9.17, 15) is 18.5 Å². The van der Waals surface area contributed by atoms with Crippen LogP contribution >= 0.6 is 0 Å². The van der Waals surface area contributed by atoms with Gasteiger partial charge < -0.3 is 0 Å². The number of nitrogens with zero attached hydrogens (tertiary/aromatic N) is 4. The van der Waals surface area contributed by atoms with E-state index in [1.54, 1.807) is 0 Å². The Bertz CT molecular complexity index is 757. The van der Waals surface area contributed by atoms with E-state index in [-0.39, 0.29) is 22.7 Å². The average Bonchev–Trinajstić information content (AvgIpc) is 2.91. The fraction of sp³-hybridized carbons (Fsp3) is 0.273. The molecule has 2 aromatic rings. The second-order valence-corrected chi connectivity index (χ2v) is 6.36. The zero-order valence-corrected chi connectivity index (χ0v) is 12.2. The van der Waals surface area contributed by atoms with E-state index in [4.69, 9.17) is 0 Å². The summed E-state index contributed by atoms with van der Waals surface area (Å²) in [4.78, 5) is 14.0. The minimum Gasteiger partial charge on any atom is -0.262 e. The third kappa shape index (κ3) is 2.90. The molecule has 112 valence electrons. The Hall–Kier alpha value is -2.33. The molecule has 9 nitrogen and oxygen atoms in total. The van der Waals surface area contributed by atoms with Crippen LogP contribution in [0.25, 0.3) is 0 Å². The van der Waals surface area contributed by atoms with Gasteiger partial charge in [-0.2, -0.15) is 9.40 Å². The van der Waals surface area contributed by atoms with E-state index in [1.165, 1.54) is 38.5 Å². The van der Waals surface area contributed by atoms with Gasteiger partial charge in [0.05, 0.1) is 16.4 Å². The van der Waals surface area contributed by atoms with Gasteiger partial charge in [-0.3, -0.25) is 15.2 Å². The molecule has 0 spiro atoms. The summed E-state index contributed by atoms with van der Waals surface area (Å²) in [5.74, 6) is 0.379. The summed E-state index contributed by atoms with van der Waals surface area (Å²) >= 11 is 0. The molecule has 0 saturated heterocycles. The molecule has 0 fully saturated rings. The van der Waals surface area contributed by atoms with Gasteiger partial charge in [0.2, 0.25) is 10.0 Å². The number of H-pyrrole nitrogens is 1. The summed E-state index contributed by atoms with van der Waals surface area (Å²) in [5.41, 5.74) is -0.129. The van der Waals surface area contributed by atoms with Crippen molar-refractivity contribution in [2.45, 2.75) is 18.4 Å². The molecule has 2 rings (SSSR count). The highest BCUT2D eigenvalue weighted by Crippen LogP contribution is 2.26. The van der Waals surface area contributed by atoms with Gasteiger partial charge in [0, 0.05) is 18.7 Å². The Morgan fingerprint density at radius 3 is 2.71 bits per heavy atom. The first-order valence-corrected chi connectivity index (χ1v) is 7.32. The summed E-state index contributed by atoms with van der Waals surface area (Å²) in [5, 5.41) is 17.1. The van der Waals surface area contributed by atoms with Crippen molar-refractivity contribution >= 4 is 15.7 Å². The molecule has 0 aliphatic heterocycles. The van der Waals surface area contributed by atoms with Crippen molar-refractivity contribution in [2.75, 3.05) is 7.05 Å². The van der Waals surface area contributed by atoms with Crippen LogP contribution in [0.5, 0.6) is 0 Å². The molecule has 1 aromatic carbocycles. The lowest BCUT2D eigenvalue weighted by atomic mass is 10.2. The normalized spacial score (nSPS) is 11.8. The molecule has 0 atom stereocenters. The summed E-state index contributed by atoms with van der Waals surface area (Å²) in [7, 11) is -2.49. The molecule has 0 amide bonds. The van der Waals surface area contributed by atoms with Crippen LogP contribution in [0.15, 0.2) is 29.4 Å². The first-order chi connectivity index (χ1) is 9.84. The van der Waals surface area contributed by atoms with Crippen LogP contribution < -0.4 is 0 Å². The Balaban J connectivity index is 2.40. The molecule has 10 heteroatoms. The maximum absolute atomic E-state index is 12.5. The van der Waals surface area contributed by atoms with Crippen molar-refractivity contribution < 1.29 is 13.3 Å². The van der Waals surface area contributed by atoms with E-state index in [1.807, 2.05) is 0 Å². The molecule has 1 aromatic heterocycles. The second-order valence-electron chi connectivity index (χ2n) is 4.35. The van der Waals surface area contributed by atoms with E-state index in [0.29, 0.717) is 5.82 Å². The highest BCUT2D eigenvalue weighted by molar-refractivity contribution is 7.89. The Kier molecular flexibility index (Phi) is 4.00. The van der Waals surface area contributed by atoms with Crippen LogP contribution in [0.1, 0.15) is 11.4 Å². The van der Waals surface area contributed by atoms with E-state index in [2.05, 4.69) is 15.2 Å². The number of aromatic nitrogens is 3. The zero-order chi connectivity index (χ0) is 15.6. The SMILES string of the molecule is Cc1c([N+](=O)[O-])cccc1S(=O)(=O)N(C)Cc1ncn[nH]1. The van der Waals surface area contributed by atoms with Crippen molar-refractivity contribution in [3.8, 4) is 0 Å². The van der Waals surface area contributed by atoms with Gasteiger partial charge >= 0.3 is 0 Å². The fourth-order valence-corrected chi connectivity index (χ4v) is 3.22. The molecule has 1 heterocycles. The molecule has 0 unspecified atom stereocenters. The standard InChI is InChI=1S/C11H13N5O4S/c1-8-9(16(17)18)4-3-5-10(8)21(19,20)15(2)6-11-12-7-13-14-11/h3-5,7H,6H2,1-2H3,(H,12,13,14). The molecule has 0 aliphatic carbocycles. The van der Waals surface area contributed by atoms with Crippen LogP contribution in [-0.4, -0.2) is 39.9 Å². The Labute approximate surface area is 120 Å². The topological polar surface area (TPSA) is 122 Å². The second kappa shape index (κ2) is 5.58. The monoisotopic (exact) mass is 311 g/mol. The zero-order valence-electron chi connectivity index (χ0n) is 11.3. The van der Waals surface area contributed by atoms with E-state index < -0.39 is 14.9 Å². The lowest BCUT2D eigenvalue weighted by molar-refractivity contribution is -0.385. The third-order valence-electron chi connectivity index (χ3n) is 2.98. The third-order valence-corrected chi connectivity index (χ3v) is 4.93. The van der Waals surface area contributed by atoms with Gasteiger partial charge in [0.15, 0.2) is 0 Å². The highest BCUT2D eigenvalue weighted by atomic mass is 32.2. The summed E-state index contributed by atoms with van der Waals surface area (Å²) in [6.45, 7) is 1.40. The van der Waals surface area contributed by atoms with Gasteiger partial charge in [-0.15, -0.1) is 0 Å². The molecule has 21 heavy (non-hydrogen) atoms. The quantitative estimate of drug-likeness (QED) is 0.645. The summed E-state index contributed by atoms with van der Waals surface area (Å²) in [6.07, 6.45) is 1.27. The first kappa shape index (κ1) is 15.1. The Morgan fingerprint density at radius 2 is 2.14 bits per heavy atom. The molecule has 0 bridgehead atoms. The van der Waals surface area contributed by atoms with Gasteiger partial charge in [-0.05, 0) is 13.0 Å². The van der Waals surface area contributed by atoms with Crippen molar-refractivity contribution in [3.63, 3.8) is 0 Å². The lowest BCUT2D eigenvalue weighted by Crippen LogP contribution is -2.27. The van der Waals surface area contributed by atoms with Gasteiger partial charge in [0.25, 0.3) is 5.69 Å². The summed E-state index contributed by atoms with van der Waals surface area (Å²) in [6, 6.07) is 3.96. The largest absolute Gasteiger partial charge is 0.273 e. The van der Waals surface area contributed by atoms with Crippen LogP contribution in [0, 0.1) is 17.0 Å². The van der Waals surface area contributed by atoms with Gasteiger partial charge in [0.1, 0.15) is 12.2 Å². The van der Waals surface area contributed by atoms with Crippen LogP contribution in [0.2, 0.25) is 0 Å². The van der Waals surface area contributed by atoms with Crippen molar-refractivity contribution in [1.82, 2.24) is 19.5 Å². The number of hydrogen-bond donors (Lipinski definition) is 1. The molecular formula is C11H13N5O4S. The van der Waals surface area contributed by atoms with Gasteiger partial charge in [-0.1, -0.05) is 6.07 Å². The predicted molar refractivity (Wildman–Crippen MR) is 72.9 cm³/mol. The van der Waals surface area contributed by atoms with Crippen LogP contribution in [0.3, 0.4) is 0 Å². The molecule has 0 radical (unpaired) electrons. The van der Waals surface area contributed by atoms with Crippen LogP contribution in [0.4, 0.5) is 5.69 Å². The number of benzene rings is 1. The number of hydrogen-bond acceptors (Lipinski definition) is 6. The first-order valence-electron chi connectivity index (χ1n) is 5.88. The number of sulfonamides is 1. The number of nitro groups is 1. The summed E-state index contributed by atoms with van der Waals surface area (Å²) < 4.78 is 26.0. The molecule has 0 aliphatic rings. The Morgan fingerprint density at radius 1 is 1.43 bits per heavy atom. The highest BCUT2D eigenvalue weighted by Gasteiger charge is 2.27. The lowest BCUT2D eigenvalue weighted by Gasteiger charge is -2.17. The van der Waals surface area contributed by atoms with Gasteiger partial charge in [-0.25, -0.2) is 13.4 Å². The minimum absolute atomic E-state index is 0.00946. The maximum atomic E-state index is 12.5. The smallest absolute Gasteiger partial charge is 0.262 e. The molecule has 1 N–H and O–H groups in total. The number of aromatic amines is 1. The number of rotatable bonds is 5. The fourth-order valence-electron chi connectivity index (χ4n) is 1.85. The van der Waals surface area contributed by atoms with Crippen molar-refractivity contribution in [2.24, 2.45) is 0 Å². The van der Waals surface area contributed by atoms with E-state index in [0.717, 1.165) is 4.31 Å². The van der Waals surface area contributed by atoms with Crippen molar-refractivity contribution in [3.05, 3.63) is 46.0 Å². The number of nitrogens with one attached hydrogen (secondary N) is 1. The molecule has 0 saturated carbocycles. The predicted octanol–water partition coefficient (Wildman–Crippen LogP) is 0.842. The number of nitro benzene ring substituents is 1. The van der Waals surface area contributed by atoms with E-state index >= 15 is 0 Å². The van der Waals surface area contributed by atoms with Crippen LogP contribution in [-0.2, 0) is 16.6 Å². The maximum Gasteiger partial charge on any atom is 0.273 e. The average molecular weight is 311 g/mol. The minimum atomic E-state index is -3.86.